The van der Waals surface area contributed by atoms with Gasteiger partial charge < -0.3 is 0 Å². The van der Waals surface area contributed by atoms with Crippen LogP contribution >= 0.6 is 0 Å². The number of Topliss-reactive ketones (excluding diaryl/α,β-unsaturated/α-hetero) is 2. The molecule has 2 nitrogen and oxygen atoms in total. The van der Waals surface area contributed by atoms with Gasteiger partial charge in [-0.2, -0.15) is 0 Å². The summed E-state index contributed by atoms with van der Waals surface area (Å²) >= 11 is 0. The lowest BCUT2D eigenvalue weighted by atomic mass is 9.59. The van der Waals surface area contributed by atoms with Gasteiger partial charge in [0.2, 0.25) is 0 Å². The Balaban J connectivity index is 2.07. The van der Waals surface area contributed by atoms with Crippen molar-refractivity contribution in [1.29, 1.82) is 0 Å². The highest BCUT2D eigenvalue weighted by molar-refractivity contribution is 5.90. The molecule has 0 N–H and O–H groups in total. The highest BCUT2D eigenvalue weighted by Crippen LogP contribution is 2.50. The molecule has 0 saturated heterocycles. The third-order valence-electron chi connectivity index (χ3n) is 7.32. The third-order valence-corrected chi connectivity index (χ3v) is 7.32. The van der Waals surface area contributed by atoms with Crippen LogP contribution in [-0.2, 0) is 9.59 Å². The second-order valence-corrected chi connectivity index (χ2v) is 9.82. The zero-order chi connectivity index (χ0) is 23.1. The first-order valence-corrected chi connectivity index (χ1v) is 12.6. The van der Waals surface area contributed by atoms with Crippen molar-refractivity contribution in [3.63, 3.8) is 0 Å². The summed E-state index contributed by atoms with van der Waals surface area (Å²) in [6.07, 6.45) is 7.24. The van der Waals surface area contributed by atoms with Gasteiger partial charge in [-0.3, -0.25) is 9.59 Å². The normalized spacial score (nSPS) is 23.3. The van der Waals surface area contributed by atoms with Gasteiger partial charge in [0.25, 0.3) is 0 Å². The van der Waals surface area contributed by atoms with E-state index in [2.05, 4.69) is 76.2 Å². The minimum absolute atomic E-state index is 0.0242. The molecule has 2 heteroatoms. The molecule has 3 rings (SSSR count). The van der Waals surface area contributed by atoms with E-state index in [-0.39, 0.29) is 23.7 Å². The van der Waals surface area contributed by atoms with E-state index in [0.29, 0.717) is 24.4 Å². The average Bonchev–Trinajstić information content (AvgIpc) is 2.79. The van der Waals surface area contributed by atoms with Gasteiger partial charge in [0.1, 0.15) is 11.6 Å². The summed E-state index contributed by atoms with van der Waals surface area (Å²) in [5.41, 5.74) is 4.72. The smallest absolute Gasteiger partial charge is 0.137 e. The van der Waals surface area contributed by atoms with Crippen LogP contribution in [0.4, 0.5) is 0 Å². The van der Waals surface area contributed by atoms with Gasteiger partial charge in [0.05, 0.1) is 0 Å². The maximum absolute atomic E-state index is 13.8. The second-order valence-electron chi connectivity index (χ2n) is 9.82. The van der Waals surface area contributed by atoms with Gasteiger partial charge in [-0.05, 0) is 37.8 Å². The second kappa shape index (κ2) is 11.6. The molecule has 0 aromatic heterocycles. The fourth-order valence-corrected chi connectivity index (χ4v) is 5.47. The van der Waals surface area contributed by atoms with Crippen molar-refractivity contribution in [2.24, 2.45) is 11.8 Å². The lowest BCUT2D eigenvalue weighted by molar-refractivity contribution is -0.133. The molecule has 1 aliphatic rings. The first-order chi connectivity index (χ1) is 15.5. The molecule has 0 heterocycles. The predicted octanol–water partition coefficient (Wildman–Crippen LogP) is 7.72. The van der Waals surface area contributed by atoms with E-state index in [0.717, 1.165) is 49.7 Å². The van der Waals surface area contributed by atoms with Crippen LogP contribution in [-0.4, -0.2) is 11.6 Å². The maximum Gasteiger partial charge on any atom is 0.137 e. The molecule has 0 spiro atoms. The summed E-state index contributed by atoms with van der Waals surface area (Å²) in [6, 6.07) is 17.1. The summed E-state index contributed by atoms with van der Waals surface area (Å²) in [7, 11) is 0. The summed E-state index contributed by atoms with van der Waals surface area (Å²) in [5.74, 6) is 0.456. The van der Waals surface area contributed by atoms with Gasteiger partial charge in [0.15, 0.2) is 0 Å². The number of unbranched alkanes of at least 4 members (excludes halogenated alkanes) is 3. The molecule has 4 atom stereocenters. The third kappa shape index (κ3) is 5.77. The van der Waals surface area contributed by atoms with Crippen LogP contribution in [0.5, 0.6) is 0 Å². The molecule has 0 unspecified atom stereocenters. The standard InChI is InChI=1S/C30H40O2/c1-5-7-9-11-27(31)30-26(23-16-12-21(3)13-17-23)20-28(32)25(10-8-6-2)29(30)24-18-14-22(4)15-19-24/h12-19,25-26,29-30H,5-11,20H2,1-4H3/t25-,26-,29-,30+/m0/s1. The van der Waals surface area contributed by atoms with Crippen LogP contribution in [0, 0.1) is 25.7 Å². The molecule has 0 amide bonds. The van der Waals surface area contributed by atoms with Crippen LogP contribution in [0.25, 0.3) is 0 Å². The Morgan fingerprint density at radius 2 is 1.38 bits per heavy atom. The van der Waals surface area contributed by atoms with Crippen LogP contribution < -0.4 is 0 Å². The van der Waals surface area contributed by atoms with Crippen LogP contribution in [0.2, 0.25) is 0 Å². The van der Waals surface area contributed by atoms with Gasteiger partial charge in [0, 0.05) is 36.5 Å². The number of carbonyl (C=O) groups is 2. The molecule has 0 aliphatic heterocycles. The summed E-state index contributed by atoms with van der Waals surface area (Å²) in [5, 5.41) is 0. The number of hydrogen-bond donors (Lipinski definition) is 0. The zero-order valence-electron chi connectivity index (χ0n) is 20.4. The van der Waals surface area contributed by atoms with Crippen molar-refractivity contribution in [3.8, 4) is 0 Å². The van der Waals surface area contributed by atoms with E-state index >= 15 is 0 Å². The molecular formula is C30H40O2. The summed E-state index contributed by atoms with van der Waals surface area (Å²) < 4.78 is 0. The molecule has 32 heavy (non-hydrogen) atoms. The van der Waals surface area contributed by atoms with Gasteiger partial charge in [-0.1, -0.05) is 99.2 Å². The minimum Gasteiger partial charge on any atom is -0.299 e. The van der Waals surface area contributed by atoms with Crippen LogP contribution in [0.3, 0.4) is 0 Å². The number of ketones is 2. The quantitative estimate of drug-likeness (QED) is 0.360. The monoisotopic (exact) mass is 432 g/mol. The molecule has 2 aromatic carbocycles. The van der Waals surface area contributed by atoms with Crippen molar-refractivity contribution in [2.45, 2.75) is 90.9 Å². The van der Waals surface area contributed by atoms with E-state index in [1.807, 2.05) is 0 Å². The van der Waals surface area contributed by atoms with Gasteiger partial charge in [-0.15, -0.1) is 0 Å². The fraction of sp³-hybridized carbons (Fsp3) is 0.533. The molecule has 1 saturated carbocycles. The molecule has 0 bridgehead atoms. The van der Waals surface area contributed by atoms with Gasteiger partial charge >= 0.3 is 0 Å². The highest BCUT2D eigenvalue weighted by atomic mass is 16.1. The fourth-order valence-electron chi connectivity index (χ4n) is 5.47. The van der Waals surface area contributed by atoms with Crippen molar-refractivity contribution in [1.82, 2.24) is 0 Å². The maximum atomic E-state index is 13.8. The number of aryl methyl sites for hydroxylation is 2. The Hall–Kier alpha value is -2.22. The summed E-state index contributed by atoms with van der Waals surface area (Å²) in [6.45, 7) is 8.53. The Morgan fingerprint density at radius 3 is 1.94 bits per heavy atom. The van der Waals surface area contributed by atoms with Crippen molar-refractivity contribution in [2.75, 3.05) is 0 Å². The SMILES string of the molecule is CCCCCC(=O)[C@@H]1[C@@H](c2ccc(C)cc2)[C@@H](CCCC)C(=O)C[C@H]1c1ccc(C)cc1. The lowest BCUT2D eigenvalue weighted by Crippen LogP contribution is -2.42. The first kappa shape index (κ1) is 24.4. The first-order valence-electron chi connectivity index (χ1n) is 12.6. The topological polar surface area (TPSA) is 34.1 Å². The average molecular weight is 433 g/mol. The molecule has 2 aromatic rings. The Bertz CT molecular complexity index is 878. The molecular weight excluding hydrogens is 392 g/mol. The molecule has 1 fully saturated rings. The zero-order valence-corrected chi connectivity index (χ0v) is 20.4. The van der Waals surface area contributed by atoms with E-state index < -0.39 is 0 Å². The molecule has 1 aliphatic carbocycles. The van der Waals surface area contributed by atoms with E-state index in [1.54, 1.807) is 0 Å². The Morgan fingerprint density at radius 1 is 0.812 bits per heavy atom. The minimum atomic E-state index is -0.128. The Kier molecular flexibility index (Phi) is 8.84. The van der Waals surface area contributed by atoms with Crippen molar-refractivity contribution in [3.05, 3.63) is 70.8 Å². The van der Waals surface area contributed by atoms with E-state index in [4.69, 9.17) is 0 Å². The molecule has 172 valence electrons. The van der Waals surface area contributed by atoms with E-state index in [1.165, 1.54) is 11.1 Å². The molecule has 0 radical (unpaired) electrons. The van der Waals surface area contributed by atoms with Crippen molar-refractivity contribution >= 4 is 11.6 Å². The Labute approximate surface area is 194 Å². The number of rotatable bonds is 10. The largest absolute Gasteiger partial charge is 0.299 e. The number of benzene rings is 2. The van der Waals surface area contributed by atoms with Crippen LogP contribution in [0.1, 0.15) is 99.3 Å². The number of hydrogen-bond acceptors (Lipinski definition) is 2. The van der Waals surface area contributed by atoms with Gasteiger partial charge in [-0.25, -0.2) is 0 Å². The summed E-state index contributed by atoms with van der Waals surface area (Å²) in [4.78, 5) is 27.3. The highest BCUT2D eigenvalue weighted by Gasteiger charge is 2.47. The lowest BCUT2D eigenvalue weighted by Gasteiger charge is -2.42. The van der Waals surface area contributed by atoms with Crippen molar-refractivity contribution < 1.29 is 9.59 Å². The van der Waals surface area contributed by atoms with E-state index in [9.17, 15) is 9.59 Å². The van der Waals surface area contributed by atoms with Crippen LogP contribution in [0.15, 0.2) is 48.5 Å². The predicted molar refractivity (Wildman–Crippen MR) is 133 cm³/mol. The number of carbonyl (C=O) groups excluding carboxylic acids is 2.